The Morgan fingerprint density at radius 3 is 1.40 bits per heavy atom. The van der Waals surface area contributed by atoms with Crippen molar-refractivity contribution in [1.82, 2.24) is 4.90 Å². The van der Waals surface area contributed by atoms with Crippen LogP contribution in [0.4, 0.5) is 0 Å². The average molecular weight is 708 g/mol. The van der Waals surface area contributed by atoms with Crippen molar-refractivity contribution in [1.29, 1.82) is 0 Å². The highest BCUT2D eigenvalue weighted by Gasteiger charge is 2.12. The highest BCUT2D eigenvalue weighted by atomic mass is 16.5. The van der Waals surface area contributed by atoms with Crippen LogP contribution in [0.1, 0.15) is 233 Å². The Bertz CT molecular complexity index is 683. The van der Waals surface area contributed by atoms with Crippen LogP contribution in [0, 0.1) is 0 Å². The molecule has 0 aromatic heterocycles. The molecule has 1 N–H and O–H groups in total. The Balaban J connectivity index is 3.93. The number of carbonyl (C=O) groups excluding carboxylic acids is 1. The number of nitrogens with zero attached hydrogens (tertiary/aromatic N) is 1. The monoisotopic (exact) mass is 708 g/mol. The summed E-state index contributed by atoms with van der Waals surface area (Å²) in [5.74, 6) is 1.000. The molecule has 0 bridgehead atoms. The first kappa shape index (κ1) is 48.9. The van der Waals surface area contributed by atoms with Crippen LogP contribution in [-0.2, 0) is 14.3 Å². The van der Waals surface area contributed by atoms with E-state index in [0.29, 0.717) is 19.1 Å². The van der Waals surface area contributed by atoms with Crippen LogP contribution in [0.15, 0.2) is 12.3 Å². The number of unbranched alkanes of at least 4 members (excludes halogenated alkanes) is 24. The molecule has 0 aromatic carbocycles. The number of rotatable bonds is 42. The molecular formula is C45H89NO4. The van der Waals surface area contributed by atoms with Crippen molar-refractivity contribution in [2.45, 2.75) is 239 Å². The second kappa shape index (κ2) is 40.7. The van der Waals surface area contributed by atoms with Crippen LogP contribution < -0.4 is 0 Å². The maximum Gasteiger partial charge on any atom is 0.305 e. The number of aliphatic hydroxyl groups is 1. The molecule has 0 saturated heterocycles. The molecule has 0 atom stereocenters. The number of carbonyl (C=O) groups is 1. The van der Waals surface area contributed by atoms with Gasteiger partial charge in [-0.2, -0.15) is 0 Å². The second-order valence-corrected chi connectivity index (χ2v) is 15.3. The number of allylic oxidation sites excluding steroid dienone is 1. The fourth-order valence-electron chi connectivity index (χ4n) is 6.98. The molecule has 50 heavy (non-hydrogen) atoms. The lowest BCUT2D eigenvalue weighted by Gasteiger charge is -2.21. The molecule has 298 valence electrons. The Hall–Kier alpha value is -1.07. The Morgan fingerprint density at radius 1 is 0.520 bits per heavy atom. The molecular weight excluding hydrogens is 618 g/mol. The van der Waals surface area contributed by atoms with Crippen molar-refractivity contribution in [3.05, 3.63) is 12.3 Å². The molecule has 0 rings (SSSR count). The zero-order valence-electron chi connectivity index (χ0n) is 34.3. The Labute approximate surface area is 313 Å². The zero-order valence-corrected chi connectivity index (χ0v) is 34.3. The maximum absolute atomic E-state index is 11.9. The van der Waals surface area contributed by atoms with E-state index in [0.717, 1.165) is 57.5 Å². The molecule has 0 aliphatic rings. The number of aliphatic hydroxyl groups excluding tert-OH is 1. The zero-order chi connectivity index (χ0) is 36.6. The van der Waals surface area contributed by atoms with Gasteiger partial charge in [-0.1, -0.05) is 169 Å². The van der Waals surface area contributed by atoms with Gasteiger partial charge in [0.25, 0.3) is 0 Å². The molecule has 0 aliphatic heterocycles. The van der Waals surface area contributed by atoms with Gasteiger partial charge in [0.15, 0.2) is 0 Å². The first-order chi connectivity index (χ1) is 24.6. The van der Waals surface area contributed by atoms with Gasteiger partial charge < -0.3 is 19.5 Å². The fraction of sp³-hybridized carbons (Fsp3) is 0.933. The average Bonchev–Trinajstić information content (AvgIpc) is 3.11. The first-order valence-electron chi connectivity index (χ1n) is 22.4. The molecule has 0 fully saturated rings. The molecule has 0 aliphatic carbocycles. The number of hydrogen-bond donors (Lipinski definition) is 1. The quantitative estimate of drug-likeness (QED) is 0.0389. The Morgan fingerprint density at radius 2 is 0.920 bits per heavy atom. The molecule has 0 aromatic rings. The minimum Gasteiger partial charge on any atom is -0.495 e. The molecule has 0 unspecified atom stereocenters. The van der Waals surface area contributed by atoms with Crippen molar-refractivity contribution >= 4 is 5.97 Å². The summed E-state index contributed by atoms with van der Waals surface area (Å²) in [6.07, 6.45) is 40.9. The minimum atomic E-state index is -0.0148. The predicted octanol–water partition coefficient (Wildman–Crippen LogP) is 13.7. The van der Waals surface area contributed by atoms with Crippen molar-refractivity contribution in [2.75, 3.05) is 32.8 Å². The highest BCUT2D eigenvalue weighted by molar-refractivity contribution is 5.69. The van der Waals surface area contributed by atoms with Gasteiger partial charge in [0, 0.05) is 19.4 Å². The molecule has 5 nitrogen and oxygen atoms in total. The van der Waals surface area contributed by atoms with E-state index < -0.39 is 0 Å². The first-order valence-corrected chi connectivity index (χ1v) is 22.4. The minimum absolute atomic E-state index is 0.0148. The van der Waals surface area contributed by atoms with Gasteiger partial charge in [-0.15, -0.1) is 0 Å². The summed E-state index contributed by atoms with van der Waals surface area (Å²) >= 11 is 0. The van der Waals surface area contributed by atoms with E-state index >= 15 is 0 Å². The third-order valence-corrected chi connectivity index (χ3v) is 10.3. The van der Waals surface area contributed by atoms with Crippen molar-refractivity contribution < 1.29 is 19.4 Å². The third-order valence-electron chi connectivity index (χ3n) is 10.3. The lowest BCUT2D eigenvalue weighted by Crippen LogP contribution is -2.29. The summed E-state index contributed by atoms with van der Waals surface area (Å²) in [6, 6.07) is 0. The summed E-state index contributed by atoms with van der Waals surface area (Å²) in [7, 11) is 0. The van der Waals surface area contributed by atoms with Crippen molar-refractivity contribution in [3.63, 3.8) is 0 Å². The van der Waals surface area contributed by atoms with E-state index in [4.69, 9.17) is 9.47 Å². The third kappa shape index (κ3) is 36.7. The van der Waals surface area contributed by atoms with Crippen LogP contribution in [0.25, 0.3) is 0 Å². The fourth-order valence-corrected chi connectivity index (χ4v) is 6.98. The van der Waals surface area contributed by atoms with E-state index in [9.17, 15) is 9.90 Å². The van der Waals surface area contributed by atoms with Gasteiger partial charge in [0.1, 0.15) is 0 Å². The molecule has 0 radical (unpaired) electrons. The topological polar surface area (TPSA) is 59.0 Å². The Kier molecular flexibility index (Phi) is 39.8. The van der Waals surface area contributed by atoms with E-state index in [-0.39, 0.29) is 12.6 Å². The number of hydrogen-bond acceptors (Lipinski definition) is 5. The summed E-state index contributed by atoms with van der Waals surface area (Å²) < 4.78 is 11.9. The van der Waals surface area contributed by atoms with Gasteiger partial charge in [0.2, 0.25) is 0 Å². The normalized spacial score (nSPS) is 11.6. The van der Waals surface area contributed by atoms with Gasteiger partial charge in [0.05, 0.1) is 25.1 Å². The predicted molar refractivity (Wildman–Crippen MR) is 218 cm³/mol. The smallest absolute Gasteiger partial charge is 0.305 e. The maximum atomic E-state index is 11.9. The van der Waals surface area contributed by atoms with Gasteiger partial charge in [-0.05, 0) is 70.9 Å². The SMILES string of the molecule is C=C(CCCCCCCN(CCO)CCCCCCCOC(=O)CCCCCCCCC)OC(CCCCCCCC)CCCCCCCC. The number of ether oxygens (including phenoxy) is 2. The van der Waals surface area contributed by atoms with Gasteiger partial charge in [-0.25, -0.2) is 0 Å². The van der Waals surface area contributed by atoms with E-state index in [1.165, 1.54) is 173 Å². The summed E-state index contributed by atoms with van der Waals surface area (Å²) in [4.78, 5) is 14.4. The van der Waals surface area contributed by atoms with Crippen LogP contribution >= 0.6 is 0 Å². The summed E-state index contributed by atoms with van der Waals surface area (Å²) in [5.41, 5.74) is 0. The lowest BCUT2D eigenvalue weighted by molar-refractivity contribution is -0.143. The molecule has 0 amide bonds. The highest BCUT2D eigenvalue weighted by Crippen LogP contribution is 2.21. The van der Waals surface area contributed by atoms with Crippen LogP contribution in [-0.4, -0.2) is 54.9 Å². The van der Waals surface area contributed by atoms with Gasteiger partial charge in [-0.3, -0.25) is 4.79 Å². The van der Waals surface area contributed by atoms with E-state index in [1.807, 2.05) is 0 Å². The van der Waals surface area contributed by atoms with E-state index in [1.54, 1.807) is 0 Å². The molecule has 5 heteroatoms. The molecule has 0 saturated carbocycles. The summed E-state index contributed by atoms with van der Waals surface area (Å²) in [6.45, 7) is 14.9. The van der Waals surface area contributed by atoms with Crippen LogP contribution in [0.3, 0.4) is 0 Å². The van der Waals surface area contributed by atoms with Crippen LogP contribution in [0.5, 0.6) is 0 Å². The molecule has 0 heterocycles. The van der Waals surface area contributed by atoms with Crippen molar-refractivity contribution in [3.8, 4) is 0 Å². The molecule has 0 spiro atoms. The largest absolute Gasteiger partial charge is 0.495 e. The number of esters is 1. The summed E-state index contributed by atoms with van der Waals surface area (Å²) in [5, 5.41) is 9.56. The lowest BCUT2D eigenvalue weighted by atomic mass is 10.0. The van der Waals surface area contributed by atoms with Gasteiger partial charge >= 0.3 is 5.97 Å². The van der Waals surface area contributed by atoms with E-state index in [2.05, 4.69) is 32.3 Å². The second-order valence-electron chi connectivity index (χ2n) is 15.3. The van der Waals surface area contributed by atoms with Crippen LogP contribution in [0.2, 0.25) is 0 Å². The standard InChI is InChI=1S/C45H89NO4/c1-5-8-11-14-17-23-30-37-45(48)49-42-33-26-19-25-32-39-46(40-41-47)38-31-24-18-20-27-34-43(4)50-44(35-28-21-15-12-9-6-2)36-29-22-16-13-10-7-3/h44,47H,4-42H2,1-3H3. The van der Waals surface area contributed by atoms with Crippen molar-refractivity contribution in [2.24, 2.45) is 0 Å².